The van der Waals surface area contributed by atoms with Crippen LogP contribution in [0.5, 0.6) is 11.5 Å². The first-order valence-electron chi connectivity index (χ1n) is 9.07. The van der Waals surface area contributed by atoms with Crippen molar-refractivity contribution in [2.75, 3.05) is 40.4 Å². The summed E-state index contributed by atoms with van der Waals surface area (Å²) >= 11 is 0. The number of hydrogen-bond acceptors (Lipinski definition) is 5. The number of carbonyl (C=O) groups is 1. The third-order valence-corrected chi connectivity index (χ3v) is 7.48. The Bertz CT molecular complexity index is 789. The highest BCUT2D eigenvalue weighted by atomic mass is 32.2. The molecule has 1 unspecified atom stereocenters. The van der Waals surface area contributed by atoms with Crippen LogP contribution in [0.2, 0.25) is 0 Å². The summed E-state index contributed by atoms with van der Waals surface area (Å²) in [7, 11) is -0.427. The van der Waals surface area contributed by atoms with Crippen molar-refractivity contribution >= 4 is 16.2 Å². The number of nitrogens with zero attached hydrogens (tertiary/aromatic N) is 2. The van der Waals surface area contributed by atoms with Crippen LogP contribution in [0.15, 0.2) is 18.2 Å². The van der Waals surface area contributed by atoms with E-state index in [1.165, 1.54) is 8.61 Å². The van der Waals surface area contributed by atoms with Crippen LogP contribution in [0.4, 0.5) is 0 Å². The maximum absolute atomic E-state index is 13.0. The number of benzene rings is 1. The minimum absolute atomic E-state index is 0.0291. The molecule has 2 aliphatic rings. The molecule has 9 heteroatoms. The molecule has 1 aromatic rings. The smallest absolute Gasteiger partial charge is 0.306 e. The van der Waals surface area contributed by atoms with Gasteiger partial charge in [0.1, 0.15) is 0 Å². The molecule has 2 fully saturated rings. The zero-order chi connectivity index (χ0) is 19.6. The van der Waals surface area contributed by atoms with Gasteiger partial charge in [-0.05, 0) is 25.3 Å². The average molecular weight is 398 g/mol. The summed E-state index contributed by atoms with van der Waals surface area (Å²) in [5.41, 5.74) is 0.944. The van der Waals surface area contributed by atoms with E-state index in [1.54, 1.807) is 14.2 Å². The molecule has 0 aromatic heterocycles. The Morgan fingerprint density at radius 3 is 2.33 bits per heavy atom. The molecule has 3 rings (SSSR count). The van der Waals surface area contributed by atoms with Crippen LogP contribution in [0.1, 0.15) is 30.7 Å². The van der Waals surface area contributed by atoms with Crippen LogP contribution >= 0.6 is 0 Å². The third-order valence-electron chi connectivity index (χ3n) is 5.48. The quantitative estimate of drug-likeness (QED) is 0.781. The number of ether oxygens (including phenoxy) is 2. The van der Waals surface area contributed by atoms with Gasteiger partial charge in [-0.3, -0.25) is 4.79 Å². The molecule has 27 heavy (non-hydrogen) atoms. The van der Waals surface area contributed by atoms with E-state index < -0.39 is 22.1 Å². The molecular formula is C18H26N2O6S. The van der Waals surface area contributed by atoms with E-state index in [-0.39, 0.29) is 19.0 Å². The number of carboxylic acid groups (broad SMARTS) is 1. The molecule has 1 atom stereocenters. The highest BCUT2D eigenvalue weighted by Crippen LogP contribution is 2.40. The molecule has 2 aliphatic heterocycles. The van der Waals surface area contributed by atoms with Crippen molar-refractivity contribution < 1.29 is 27.8 Å². The van der Waals surface area contributed by atoms with E-state index in [9.17, 15) is 13.2 Å². The first kappa shape index (κ1) is 19.9. The van der Waals surface area contributed by atoms with E-state index >= 15 is 0 Å². The Balaban J connectivity index is 1.72. The monoisotopic (exact) mass is 398 g/mol. The second-order valence-electron chi connectivity index (χ2n) is 6.95. The van der Waals surface area contributed by atoms with Gasteiger partial charge in [-0.2, -0.15) is 17.0 Å². The molecule has 8 nitrogen and oxygen atoms in total. The number of methoxy groups -OCH3 is 2. The van der Waals surface area contributed by atoms with Gasteiger partial charge in [-0.15, -0.1) is 0 Å². The summed E-state index contributed by atoms with van der Waals surface area (Å²) < 4.78 is 39.7. The first-order chi connectivity index (χ1) is 12.9. The zero-order valence-electron chi connectivity index (χ0n) is 15.6. The van der Waals surface area contributed by atoms with Crippen LogP contribution in [0.3, 0.4) is 0 Å². The number of hydrogen-bond donors (Lipinski definition) is 1. The predicted octanol–water partition coefficient (Wildman–Crippen LogP) is 1.53. The second kappa shape index (κ2) is 8.04. The highest BCUT2D eigenvalue weighted by Gasteiger charge is 2.39. The summed E-state index contributed by atoms with van der Waals surface area (Å²) in [6, 6.07) is 5.64. The van der Waals surface area contributed by atoms with Crippen molar-refractivity contribution in [3.05, 3.63) is 23.8 Å². The van der Waals surface area contributed by atoms with Crippen LogP contribution in [0.25, 0.3) is 0 Å². The molecule has 0 saturated carbocycles. The third kappa shape index (κ3) is 3.90. The highest BCUT2D eigenvalue weighted by molar-refractivity contribution is 7.86. The normalized spacial score (nSPS) is 22.7. The zero-order valence-corrected chi connectivity index (χ0v) is 16.4. The van der Waals surface area contributed by atoms with Crippen molar-refractivity contribution in [2.45, 2.75) is 25.2 Å². The van der Waals surface area contributed by atoms with Crippen molar-refractivity contribution in [2.24, 2.45) is 5.92 Å². The number of para-hydroxylation sites is 1. The standard InChI is InChI=1S/C18H26N2O6S/c1-25-16-5-3-4-15(17(16)26-2)14-8-11-20(12-14)27(23,24)19-9-6-13(7-10-19)18(21)22/h3-5,13-14H,6-12H2,1-2H3,(H,21,22). The summed E-state index contributed by atoms with van der Waals surface area (Å²) in [5.74, 6) is 0.00202. The fraction of sp³-hybridized carbons (Fsp3) is 0.611. The van der Waals surface area contributed by atoms with Crippen molar-refractivity contribution in [1.82, 2.24) is 8.61 Å². The fourth-order valence-electron chi connectivity index (χ4n) is 3.92. The number of rotatable bonds is 6. The minimum Gasteiger partial charge on any atom is -0.493 e. The molecule has 0 bridgehead atoms. The Morgan fingerprint density at radius 1 is 1.07 bits per heavy atom. The Hall–Kier alpha value is -1.84. The molecule has 2 heterocycles. The average Bonchev–Trinajstić information content (AvgIpc) is 3.18. The van der Waals surface area contributed by atoms with Crippen molar-refractivity contribution in [3.63, 3.8) is 0 Å². The number of piperidine rings is 1. The summed E-state index contributed by atoms with van der Waals surface area (Å²) in [6.45, 7) is 1.32. The van der Waals surface area contributed by atoms with E-state index in [0.29, 0.717) is 43.9 Å². The topological polar surface area (TPSA) is 96.4 Å². The summed E-state index contributed by atoms with van der Waals surface area (Å²) in [5, 5.41) is 9.09. The Kier molecular flexibility index (Phi) is 5.92. The van der Waals surface area contributed by atoms with Gasteiger partial charge in [0.05, 0.1) is 20.1 Å². The van der Waals surface area contributed by atoms with Crippen LogP contribution < -0.4 is 9.47 Å². The molecular weight excluding hydrogens is 372 g/mol. The van der Waals surface area contributed by atoms with Crippen LogP contribution in [-0.2, 0) is 15.0 Å². The van der Waals surface area contributed by atoms with E-state index in [0.717, 1.165) is 5.56 Å². The molecule has 0 spiro atoms. The molecule has 0 radical (unpaired) electrons. The van der Waals surface area contributed by atoms with Gasteiger partial charge in [0.25, 0.3) is 10.2 Å². The maximum atomic E-state index is 13.0. The summed E-state index contributed by atoms with van der Waals surface area (Å²) in [6.07, 6.45) is 1.42. The lowest BCUT2D eigenvalue weighted by molar-refractivity contribution is -0.142. The van der Waals surface area contributed by atoms with Gasteiger partial charge in [-0.1, -0.05) is 12.1 Å². The fourth-order valence-corrected chi connectivity index (χ4v) is 5.63. The second-order valence-corrected chi connectivity index (χ2v) is 8.87. The van der Waals surface area contributed by atoms with Crippen molar-refractivity contribution in [3.8, 4) is 11.5 Å². The van der Waals surface area contributed by atoms with Gasteiger partial charge in [0.2, 0.25) is 0 Å². The predicted molar refractivity (Wildman–Crippen MR) is 99.3 cm³/mol. The van der Waals surface area contributed by atoms with Crippen LogP contribution in [0, 0.1) is 5.92 Å². The Labute approximate surface area is 159 Å². The minimum atomic E-state index is -3.59. The van der Waals surface area contributed by atoms with Gasteiger partial charge < -0.3 is 14.6 Å². The van der Waals surface area contributed by atoms with E-state index in [4.69, 9.17) is 14.6 Å². The van der Waals surface area contributed by atoms with Gasteiger partial charge >= 0.3 is 5.97 Å². The molecule has 0 amide bonds. The molecule has 0 aliphatic carbocycles. The lowest BCUT2D eigenvalue weighted by atomic mass is 9.97. The van der Waals surface area contributed by atoms with E-state index in [1.807, 2.05) is 18.2 Å². The van der Waals surface area contributed by atoms with Crippen LogP contribution in [-0.4, -0.2) is 68.5 Å². The van der Waals surface area contributed by atoms with Gasteiger partial charge in [0, 0.05) is 37.7 Å². The van der Waals surface area contributed by atoms with Gasteiger partial charge in [-0.25, -0.2) is 0 Å². The molecule has 2 saturated heterocycles. The number of aliphatic carboxylic acids is 1. The lowest BCUT2D eigenvalue weighted by Gasteiger charge is -2.32. The Morgan fingerprint density at radius 2 is 1.74 bits per heavy atom. The SMILES string of the molecule is COc1cccc(C2CCN(S(=O)(=O)N3CCC(C(=O)O)CC3)C2)c1OC. The summed E-state index contributed by atoms with van der Waals surface area (Å²) in [4.78, 5) is 11.1. The molecule has 150 valence electrons. The number of carboxylic acids is 1. The van der Waals surface area contributed by atoms with Crippen molar-refractivity contribution in [1.29, 1.82) is 0 Å². The molecule has 1 N–H and O–H groups in total. The lowest BCUT2D eigenvalue weighted by Crippen LogP contribution is -2.47. The first-order valence-corrected chi connectivity index (χ1v) is 10.5. The maximum Gasteiger partial charge on any atom is 0.306 e. The molecule has 1 aromatic carbocycles. The van der Waals surface area contributed by atoms with E-state index in [2.05, 4.69) is 0 Å². The van der Waals surface area contributed by atoms with Gasteiger partial charge in [0.15, 0.2) is 11.5 Å². The largest absolute Gasteiger partial charge is 0.493 e.